The molecule has 0 radical (unpaired) electrons. The normalized spacial score (nSPS) is 18.6. The number of hydrogen-bond acceptors (Lipinski definition) is 2. The highest BCUT2D eigenvalue weighted by atomic mass is 19.1. The van der Waals surface area contributed by atoms with Gasteiger partial charge in [0, 0.05) is 19.0 Å². The molecule has 0 bridgehead atoms. The second kappa shape index (κ2) is 4.05. The standard InChI is InChI=1S/C14H18FN3/c1-18-12-8-10(15)4-5-11(12)17-13(18)9-14(16)6-2-3-7-14/h4-5,8H,2-3,6-7,9,16H2,1H3. The van der Waals surface area contributed by atoms with Crippen molar-refractivity contribution < 1.29 is 4.39 Å². The van der Waals surface area contributed by atoms with Crippen LogP contribution < -0.4 is 5.73 Å². The van der Waals surface area contributed by atoms with Gasteiger partial charge in [-0.15, -0.1) is 0 Å². The molecule has 1 aromatic heterocycles. The SMILES string of the molecule is Cn1c(CC2(N)CCCC2)nc2ccc(F)cc21. The van der Waals surface area contributed by atoms with E-state index in [9.17, 15) is 4.39 Å². The molecule has 1 aliphatic rings. The Kier molecular flexibility index (Phi) is 2.63. The van der Waals surface area contributed by atoms with Crippen LogP contribution in [0.25, 0.3) is 11.0 Å². The van der Waals surface area contributed by atoms with Crippen LogP contribution in [0.2, 0.25) is 0 Å². The maximum Gasteiger partial charge on any atom is 0.125 e. The third-order valence-electron chi connectivity index (χ3n) is 4.05. The molecule has 0 aliphatic heterocycles. The molecule has 3 rings (SSSR count). The van der Waals surface area contributed by atoms with Crippen LogP contribution in [-0.4, -0.2) is 15.1 Å². The highest BCUT2D eigenvalue weighted by molar-refractivity contribution is 5.76. The molecule has 4 heteroatoms. The smallest absolute Gasteiger partial charge is 0.125 e. The van der Waals surface area contributed by atoms with Gasteiger partial charge in [0.05, 0.1) is 11.0 Å². The molecular weight excluding hydrogens is 229 g/mol. The van der Waals surface area contributed by atoms with Gasteiger partial charge in [0.25, 0.3) is 0 Å². The summed E-state index contributed by atoms with van der Waals surface area (Å²) in [5, 5.41) is 0. The van der Waals surface area contributed by atoms with Crippen LogP contribution in [0, 0.1) is 5.82 Å². The molecule has 0 amide bonds. The number of imidazole rings is 1. The molecule has 1 saturated carbocycles. The minimum Gasteiger partial charge on any atom is -0.331 e. The third kappa shape index (κ3) is 1.90. The first-order valence-electron chi connectivity index (χ1n) is 6.47. The lowest BCUT2D eigenvalue weighted by atomic mass is 9.94. The second-order valence-corrected chi connectivity index (χ2v) is 5.47. The lowest BCUT2D eigenvalue weighted by Crippen LogP contribution is -2.39. The van der Waals surface area contributed by atoms with E-state index in [2.05, 4.69) is 4.98 Å². The fraction of sp³-hybridized carbons (Fsp3) is 0.500. The summed E-state index contributed by atoms with van der Waals surface area (Å²) in [6, 6.07) is 4.71. The molecule has 1 aromatic carbocycles. The van der Waals surface area contributed by atoms with Crippen molar-refractivity contribution in [3.05, 3.63) is 29.8 Å². The molecular formula is C14H18FN3. The van der Waals surface area contributed by atoms with Crippen molar-refractivity contribution in [2.24, 2.45) is 12.8 Å². The Morgan fingerprint density at radius 1 is 1.39 bits per heavy atom. The summed E-state index contributed by atoms with van der Waals surface area (Å²) in [5.41, 5.74) is 7.95. The number of nitrogens with two attached hydrogens (primary N) is 1. The van der Waals surface area contributed by atoms with E-state index in [4.69, 9.17) is 5.73 Å². The van der Waals surface area contributed by atoms with Crippen LogP contribution >= 0.6 is 0 Å². The zero-order valence-corrected chi connectivity index (χ0v) is 10.6. The Morgan fingerprint density at radius 3 is 2.83 bits per heavy atom. The number of fused-ring (bicyclic) bond motifs is 1. The summed E-state index contributed by atoms with van der Waals surface area (Å²) < 4.78 is 15.2. The van der Waals surface area contributed by atoms with Gasteiger partial charge in [-0.1, -0.05) is 12.8 Å². The lowest BCUT2D eigenvalue weighted by Gasteiger charge is -2.22. The first-order chi connectivity index (χ1) is 8.57. The zero-order valence-electron chi connectivity index (χ0n) is 10.6. The summed E-state index contributed by atoms with van der Waals surface area (Å²) in [4.78, 5) is 4.58. The zero-order chi connectivity index (χ0) is 12.8. The summed E-state index contributed by atoms with van der Waals surface area (Å²) in [6.07, 6.45) is 5.30. The van der Waals surface area contributed by atoms with E-state index >= 15 is 0 Å². The van der Waals surface area contributed by atoms with Gasteiger partial charge in [0.2, 0.25) is 0 Å². The number of hydrogen-bond donors (Lipinski definition) is 1. The molecule has 2 N–H and O–H groups in total. The van der Waals surface area contributed by atoms with E-state index in [0.29, 0.717) is 0 Å². The van der Waals surface area contributed by atoms with Gasteiger partial charge >= 0.3 is 0 Å². The monoisotopic (exact) mass is 247 g/mol. The minimum absolute atomic E-state index is 0.117. The quantitative estimate of drug-likeness (QED) is 0.886. The topological polar surface area (TPSA) is 43.8 Å². The van der Waals surface area contributed by atoms with E-state index in [0.717, 1.165) is 36.1 Å². The van der Waals surface area contributed by atoms with Crippen LogP contribution in [0.15, 0.2) is 18.2 Å². The van der Waals surface area contributed by atoms with Crippen molar-refractivity contribution in [2.45, 2.75) is 37.6 Å². The minimum atomic E-state index is -0.222. The van der Waals surface area contributed by atoms with Gasteiger partial charge in [-0.2, -0.15) is 0 Å². The van der Waals surface area contributed by atoms with Crippen molar-refractivity contribution >= 4 is 11.0 Å². The maximum atomic E-state index is 13.2. The first-order valence-corrected chi connectivity index (χ1v) is 6.47. The van der Waals surface area contributed by atoms with Crippen LogP contribution in [0.1, 0.15) is 31.5 Å². The first kappa shape index (κ1) is 11.7. The Labute approximate surface area is 106 Å². The number of nitrogens with zero attached hydrogens (tertiary/aromatic N) is 2. The summed E-state index contributed by atoms with van der Waals surface area (Å²) in [7, 11) is 1.93. The highest BCUT2D eigenvalue weighted by Crippen LogP contribution is 2.30. The van der Waals surface area contributed by atoms with Gasteiger partial charge in [-0.3, -0.25) is 0 Å². The molecule has 18 heavy (non-hydrogen) atoms. The van der Waals surface area contributed by atoms with Crippen molar-refractivity contribution in [2.75, 3.05) is 0 Å². The third-order valence-corrected chi connectivity index (χ3v) is 4.05. The number of aromatic nitrogens is 2. The molecule has 0 spiro atoms. The van der Waals surface area contributed by atoms with E-state index < -0.39 is 0 Å². The summed E-state index contributed by atoms with van der Waals surface area (Å²) in [5.74, 6) is 0.736. The predicted octanol–water partition coefficient (Wildman–Crippen LogP) is 2.53. The number of halogens is 1. The van der Waals surface area contributed by atoms with E-state index in [1.807, 2.05) is 11.6 Å². The van der Waals surface area contributed by atoms with Gasteiger partial charge in [0.1, 0.15) is 11.6 Å². The largest absolute Gasteiger partial charge is 0.331 e. The fourth-order valence-electron chi connectivity index (χ4n) is 2.94. The van der Waals surface area contributed by atoms with Gasteiger partial charge < -0.3 is 10.3 Å². The number of rotatable bonds is 2. The van der Waals surface area contributed by atoms with E-state index in [-0.39, 0.29) is 11.4 Å². The number of benzene rings is 1. The Balaban J connectivity index is 1.99. The van der Waals surface area contributed by atoms with Crippen LogP contribution in [0.4, 0.5) is 4.39 Å². The van der Waals surface area contributed by atoms with Gasteiger partial charge in [-0.05, 0) is 31.0 Å². The van der Waals surface area contributed by atoms with Crippen molar-refractivity contribution in [3.63, 3.8) is 0 Å². The molecule has 0 atom stereocenters. The average molecular weight is 247 g/mol. The molecule has 96 valence electrons. The Bertz CT molecular complexity index is 582. The van der Waals surface area contributed by atoms with Crippen molar-refractivity contribution in [1.82, 2.24) is 9.55 Å². The number of aryl methyl sites for hydroxylation is 1. The second-order valence-electron chi connectivity index (χ2n) is 5.47. The van der Waals surface area contributed by atoms with Gasteiger partial charge in [0.15, 0.2) is 0 Å². The maximum absolute atomic E-state index is 13.2. The molecule has 1 heterocycles. The van der Waals surface area contributed by atoms with Crippen molar-refractivity contribution in [1.29, 1.82) is 0 Å². The predicted molar refractivity (Wildman–Crippen MR) is 69.8 cm³/mol. The highest BCUT2D eigenvalue weighted by Gasteiger charge is 2.31. The summed E-state index contributed by atoms with van der Waals surface area (Å²) in [6.45, 7) is 0. The molecule has 1 aliphatic carbocycles. The molecule has 0 saturated heterocycles. The Morgan fingerprint density at radius 2 is 2.11 bits per heavy atom. The lowest BCUT2D eigenvalue weighted by molar-refractivity contribution is 0.422. The Hall–Kier alpha value is -1.42. The fourth-order valence-corrected chi connectivity index (χ4v) is 2.94. The van der Waals surface area contributed by atoms with Crippen LogP contribution in [0.3, 0.4) is 0 Å². The average Bonchev–Trinajstić information content (AvgIpc) is 2.87. The molecule has 1 fully saturated rings. The van der Waals surface area contributed by atoms with Gasteiger partial charge in [-0.25, -0.2) is 9.37 Å². The molecule has 2 aromatic rings. The van der Waals surface area contributed by atoms with E-state index in [1.165, 1.54) is 25.0 Å². The molecule has 0 unspecified atom stereocenters. The molecule has 3 nitrogen and oxygen atoms in total. The van der Waals surface area contributed by atoms with E-state index in [1.54, 1.807) is 6.07 Å². The van der Waals surface area contributed by atoms with Crippen LogP contribution in [-0.2, 0) is 13.5 Å². The van der Waals surface area contributed by atoms with Crippen molar-refractivity contribution in [3.8, 4) is 0 Å². The summed E-state index contributed by atoms with van der Waals surface area (Å²) >= 11 is 0. The van der Waals surface area contributed by atoms with Crippen LogP contribution in [0.5, 0.6) is 0 Å².